The molecule has 1 saturated heterocycles. The molecule has 2 fully saturated rings. The minimum Gasteiger partial charge on any atom is -0.378 e. The van der Waals surface area contributed by atoms with Crippen molar-refractivity contribution in [1.29, 1.82) is 0 Å². The van der Waals surface area contributed by atoms with Gasteiger partial charge in [0, 0.05) is 45.7 Å². The molecule has 1 aliphatic carbocycles. The summed E-state index contributed by atoms with van der Waals surface area (Å²) in [7, 11) is 1.87. The molecule has 0 amide bonds. The average Bonchev–Trinajstić information content (AvgIpc) is 3.33. The Hall–Kier alpha value is -1.56. The van der Waals surface area contributed by atoms with Crippen LogP contribution in [0.2, 0.25) is 0 Å². The van der Waals surface area contributed by atoms with E-state index in [0.717, 1.165) is 56.8 Å². The molecule has 2 aliphatic rings. The van der Waals surface area contributed by atoms with E-state index in [9.17, 15) is 0 Å². The second-order valence-electron chi connectivity index (χ2n) is 8.46. The van der Waals surface area contributed by atoms with Crippen LogP contribution in [-0.2, 0) is 17.8 Å². The van der Waals surface area contributed by atoms with Gasteiger partial charge in [0.1, 0.15) is 5.82 Å². The number of nitrogens with zero attached hydrogens (tertiary/aromatic N) is 4. The highest BCUT2D eigenvalue weighted by molar-refractivity contribution is 5.79. The first kappa shape index (κ1) is 20.2. The number of ether oxygens (including phenoxy) is 1. The summed E-state index contributed by atoms with van der Waals surface area (Å²) < 4.78 is 8.43. The Morgan fingerprint density at radius 1 is 1.26 bits per heavy atom. The maximum atomic E-state index is 6.20. The van der Waals surface area contributed by atoms with E-state index in [1.54, 1.807) is 0 Å². The lowest BCUT2D eigenvalue weighted by Gasteiger charge is -2.34. The number of aliphatic imine (C=N–C) groups is 1. The molecular weight excluding hydrogens is 338 g/mol. The second kappa shape index (κ2) is 10.1. The maximum absolute atomic E-state index is 6.20. The van der Waals surface area contributed by atoms with E-state index in [0.29, 0.717) is 18.6 Å². The van der Waals surface area contributed by atoms with Gasteiger partial charge in [-0.15, -0.1) is 0 Å². The summed E-state index contributed by atoms with van der Waals surface area (Å²) in [4.78, 5) is 11.3. The molecule has 2 heterocycles. The molecule has 0 bridgehead atoms. The molecule has 27 heavy (non-hydrogen) atoms. The number of aromatic nitrogens is 2. The van der Waals surface area contributed by atoms with Crippen molar-refractivity contribution < 1.29 is 4.74 Å². The van der Waals surface area contributed by atoms with Crippen molar-refractivity contribution in [2.45, 2.75) is 71.6 Å². The SMILES string of the molecule is CN=C(NCc1nccn1CC(C)C)N1CCC(OCC2CCCC2)CC1. The first-order valence-electron chi connectivity index (χ1n) is 10.7. The van der Waals surface area contributed by atoms with E-state index < -0.39 is 0 Å². The molecule has 0 unspecified atom stereocenters. The van der Waals surface area contributed by atoms with Crippen molar-refractivity contribution in [3.63, 3.8) is 0 Å². The van der Waals surface area contributed by atoms with Crippen molar-refractivity contribution in [2.75, 3.05) is 26.7 Å². The molecule has 0 atom stereocenters. The molecule has 1 saturated carbocycles. The van der Waals surface area contributed by atoms with Crippen LogP contribution in [0.4, 0.5) is 0 Å². The topological polar surface area (TPSA) is 54.7 Å². The van der Waals surface area contributed by atoms with Gasteiger partial charge < -0.3 is 19.5 Å². The van der Waals surface area contributed by atoms with Crippen LogP contribution in [0.15, 0.2) is 17.4 Å². The van der Waals surface area contributed by atoms with Crippen molar-refractivity contribution in [2.24, 2.45) is 16.8 Å². The van der Waals surface area contributed by atoms with Crippen LogP contribution in [0, 0.1) is 11.8 Å². The number of piperidine rings is 1. The standard InChI is InChI=1S/C21H37N5O/c1-17(2)15-26-13-10-23-20(26)14-24-21(22-3)25-11-8-19(9-12-25)27-16-18-6-4-5-7-18/h10,13,17-19H,4-9,11-12,14-16H2,1-3H3,(H,22,24). The molecule has 3 rings (SSSR count). The summed E-state index contributed by atoms with van der Waals surface area (Å²) in [5.41, 5.74) is 0. The van der Waals surface area contributed by atoms with Gasteiger partial charge in [-0.1, -0.05) is 26.7 Å². The third-order valence-corrected chi connectivity index (χ3v) is 5.76. The summed E-state index contributed by atoms with van der Waals surface area (Å²) in [6.45, 7) is 9.16. The van der Waals surface area contributed by atoms with Gasteiger partial charge in [-0.25, -0.2) is 4.98 Å². The Balaban J connectivity index is 1.42. The number of rotatable bonds is 7. The van der Waals surface area contributed by atoms with Gasteiger partial charge in [0.25, 0.3) is 0 Å². The summed E-state index contributed by atoms with van der Waals surface area (Å²) >= 11 is 0. The molecule has 0 spiro atoms. The maximum Gasteiger partial charge on any atom is 0.194 e. The first-order valence-corrected chi connectivity index (χ1v) is 10.7. The van der Waals surface area contributed by atoms with Crippen molar-refractivity contribution in [3.8, 4) is 0 Å². The van der Waals surface area contributed by atoms with Crippen molar-refractivity contribution >= 4 is 5.96 Å². The number of imidazole rings is 1. The van der Waals surface area contributed by atoms with Crippen molar-refractivity contribution in [3.05, 3.63) is 18.2 Å². The molecule has 152 valence electrons. The lowest BCUT2D eigenvalue weighted by atomic mass is 10.1. The second-order valence-corrected chi connectivity index (χ2v) is 8.46. The fourth-order valence-electron chi connectivity index (χ4n) is 4.24. The first-order chi connectivity index (χ1) is 13.2. The summed E-state index contributed by atoms with van der Waals surface area (Å²) in [5.74, 6) is 3.47. The lowest BCUT2D eigenvalue weighted by Crippen LogP contribution is -2.47. The minimum atomic E-state index is 0.421. The summed E-state index contributed by atoms with van der Waals surface area (Å²) in [5, 5.41) is 3.50. The van der Waals surface area contributed by atoms with Crippen LogP contribution >= 0.6 is 0 Å². The molecule has 1 aromatic rings. The van der Waals surface area contributed by atoms with Gasteiger partial charge in [0.15, 0.2) is 5.96 Å². The van der Waals surface area contributed by atoms with Gasteiger partial charge in [-0.3, -0.25) is 4.99 Å². The fraction of sp³-hybridized carbons (Fsp3) is 0.810. The van der Waals surface area contributed by atoms with Gasteiger partial charge in [-0.2, -0.15) is 0 Å². The zero-order valence-electron chi connectivity index (χ0n) is 17.4. The van der Waals surface area contributed by atoms with E-state index >= 15 is 0 Å². The Morgan fingerprint density at radius 2 is 2.00 bits per heavy atom. The molecule has 1 N–H and O–H groups in total. The Kier molecular flexibility index (Phi) is 7.56. The third kappa shape index (κ3) is 5.96. The number of likely N-dealkylation sites (tertiary alicyclic amines) is 1. The summed E-state index contributed by atoms with van der Waals surface area (Å²) in [6.07, 6.45) is 12.1. The van der Waals surface area contributed by atoms with Crippen LogP contribution in [0.1, 0.15) is 58.2 Å². The zero-order chi connectivity index (χ0) is 19.1. The van der Waals surface area contributed by atoms with Crippen LogP contribution in [0.3, 0.4) is 0 Å². The van der Waals surface area contributed by atoms with E-state index in [1.807, 2.05) is 13.2 Å². The number of hydrogen-bond donors (Lipinski definition) is 1. The molecule has 6 heteroatoms. The third-order valence-electron chi connectivity index (χ3n) is 5.76. The van der Waals surface area contributed by atoms with Gasteiger partial charge in [-0.05, 0) is 37.5 Å². The largest absolute Gasteiger partial charge is 0.378 e. The highest BCUT2D eigenvalue weighted by Crippen LogP contribution is 2.26. The minimum absolute atomic E-state index is 0.421. The normalized spacial score (nSPS) is 20.0. The number of guanidine groups is 1. The molecule has 6 nitrogen and oxygen atoms in total. The highest BCUT2D eigenvalue weighted by Gasteiger charge is 2.24. The Labute approximate surface area is 164 Å². The number of hydrogen-bond acceptors (Lipinski definition) is 3. The summed E-state index contributed by atoms with van der Waals surface area (Å²) in [6, 6.07) is 0. The molecule has 0 aromatic carbocycles. The van der Waals surface area contributed by atoms with Crippen LogP contribution in [-0.4, -0.2) is 53.3 Å². The van der Waals surface area contributed by atoms with Crippen LogP contribution < -0.4 is 5.32 Å². The fourth-order valence-corrected chi connectivity index (χ4v) is 4.24. The Bertz CT molecular complexity index is 583. The molecule has 1 aliphatic heterocycles. The molecule has 1 aromatic heterocycles. The van der Waals surface area contributed by atoms with Gasteiger partial charge in [0.2, 0.25) is 0 Å². The smallest absolute Gasteiger partial charge is 0.194 e. The van der Waals surface area contributed by atoms with Crippen LogP contribution in [0.25, 0.3) is 0 Å². The Morgan fingerprint density at radius 3 is 2.67 bits per heavy atom. The monoisotopic (exact) mass is 375 g/mol. The zero-order valence-corrected chi connectivity index (χ0v) is 17.4. The van der Waals surface area contributed by atoms with Crippen molar-refractivity contribution in [1.82, 2.24) is 19.8 Å². The molecular formula is C21H37N5O. The number of nitrogens with one attached hydrogen (secondary N) is 1. The van der Waals surface area contributed by atoms with Crippen LogP contribution in [0.5, 0.6) is 0 Å². The molecule has 0 radical (unpaired) electrons. The van der Waals surface area contributed by atoms with Gasteiger partial charge >= 0.3 is 0 Å². The lowest BCUT2D eigenvalue weighted by molar-refractivity contribution is 0.00100. The average molecular weight is 376 g/mol. The quantitative estimate of drug-likeness (QED) is 0.587. The predicted octanol–water partition coefficient (Wildman–Crippen LogP) is 3.29. The predicted molar refractivity (Wildman–Crippen MR) is 110 cm³/mol. The highest BCUT2D eigenvalue weighted by atomic mass is 16.5. The van der Waals surface area contributed by atoms with E-state index in [4.69, 9.17) is 4.74 Å². The van der Waals surface area contributed by atoms with E-state index in [-0.39, 0.29) is 0 Å². The van der Waals surface area contributed by atoms with E-state index in [2.05, 4.69) is 44.8 Å². The van der Waals surface area contributed by atoms with E-state index in [1.165, 1.54) is 25.7 Å². The van der Waals surface area contributed by atoms with Gasteiger partial charge in [0.05, 0.1) is 12.6 Å².